The zero-order valence-corrected chi connectivity index (χ0v) is 23.7. The van der Waals surface area contributed by atoms with Crippen LogP contribution in [0.3, 0.4) is 0 Å². The summed E-state index contributed by atoms with van der Waals surface area (Å²) in [7, 11) is 1.63. The summed E-state index contributed by atoms with van der Waals surface area (Å²) in [5.74, 6) is 0.532. The van der Waals surface area contributed by atoms with Crippen molar-refractivity contribution in [2.75, 3.05) is 51.8 Å². The summed E-state index contributed by atoms with van der Waals surface area (Å²) < 4.78 is 21.2. The second kappa shape index (κ2) is 13.6. The van der Waals surface area contributed by atoms with E-state index in [9.17, 15) is 10.1 Å². The van der Waals surface area contributed by atoms with Crippen LogP contribution in [0.25, 0.3) is 0 Å². The number of fused-ring (bicyclic) bond motifs is 3. The third-order valence-electron chi connectivity index (χ3n) is 8.09. The summed E-state index contributed by atoms with van der Waals surface area (Å²) in [6, 6.07) is 13.8. The average Bonchev–Trinajstić information content (AvgIpc) is 3.64. The highest BCUT2D eigenvalue weighted by Gasteiger charge is 2.45. The third kappa shape index (κ3) is 6.34. The standard InChI is InChI=1S/C31H36ClN3O5/c1-37-12-13-38-14-15-39-16-17-40-31(36)23-8-10-26-22(18-23)7-11-27-29(26)34-35(30(27)21-4-2-3-5-21)25-9-6-24(20-33)28(32)19-25/h6,8-10,18-19,21,27,30H,2-5,7,11-17H2,1H3. The van der Waals surface area contributed by atoms with Crippen LogP contribution in [-0.4, -0.2) is 64.5 Å². The molecule has 0 amide bonds. The number of benzene rings is 2. The number of hydrogen-bond donors (Lipinski definition) is 0. The van der Waals surface area contributed by atoms with E-state index >= 15 is 0 Å². The second-order valence-corrected chi connectivity index (χ2v) is 10.9. The number of aryl methyl sites for hydroxylation is 1. The summed E-state index contributed by atoms with van der Waals surface area (Å²) in [6.45, 7) is 2.51. The summed E-state index contributed by atoms with van der Waals surface area (Å²) in [5, 5.41) is 17.1. The monoisotopic (exact) mass is 565 g/mol. The lowest BCUT2D eigenvalue weighted by molar-refractivity contribution is 0.00570. The maximum atomic E-state index is 12.7. The van der Waals surface area contributed by atoms with Gasteiger partial charge in [0.25, 0.3) is 0 Å². The van der Waals surface area contributed by atoms with Crippen molar-refractivity contribution in [3.05, 3.63) is 63.7 Å². The normalized spacial score (nSPS) is 20.1. The molecule has 5 rings (SSSR count). The molecule has 9 heteroatoms. The average molecular weight is 566 g/mol. The van der Waals surface area contributed by atoms with Gasteiger partial charge in [0.05, 0.1) is 66.6 Å². The van der Waals surface area contributed by atoms with Crippen molar-refractivity contribution in [1.82, 2.24) is 0 Å². The minimum Gasteiger partial charge on any atom is -0.460 e. The predicted molar refractivity (Wildman–Crippen MR) is 153 cm³/mol. The van der Waals surface area contributed by atoms with Gasteiger partial charge in [0.15, 0.2) is 0 Å². The van der Waals surface area contributed by atoms with Crippen molar-refractivity contribution in [3.63, 3.8) is 0 Å². The number of rotatable bonds is 12. The van der Waals surface area contributed by atoms with Crippen LogP contribution in [0.15, 0.2) is 41.5 Å². The van der Waals surface area contributed by atoms with Gasteiger partial charge in [-0.15, -0.1) is 0 Å². The van der Waals surface area contributed by atoms with E-state index in [0.29, 0.717) is 61.0 Å². The van der Waals surface area contributed by atoms with Gasteiger partial charge in [0.1, 0.15) is 12.7 Å². The van der Waals surface area contributed by atoms with E-state index in [1.165, 1.54) is 25.7 Å². The molecule has 0 spiro atoms. The van der Waals surface area contributed by atoms with E-state index in [4.69, 9.17) is 35.6 Å². The number of halogens is 1. The fourth-order valence-corrected chi connectivity index (χ4v) is 6.39. The van der Waals surface area contributed by atoms with Gasteiger partial charge < -0.3 is 18.9 Å². The fourth-order valence-electron chi connectivity index (χ4n) is 6.17. The van der Waals surface area contributed by atoms with Crippen molar-refractivity contribution in [2.45, 2.75) is 44.6 Å². The molecule has 0 N–H and O–H groups in total. The molecule has 1 saturated carbocycles. The number of nitriles is 1. The van der Waals surface area contributed by atoms with E-state index in [-0.39, 0.29) is 18.6 Å². The molecule has 2 unspecified atom stereocenters. The molecule has 1 aliphatic heterocycles. The Bertz CT molecular complexity index is 1270. The van der Waals surface area contributed by atoms with E-state index in [0.717, 1.165) is 35.4 Å². The second-order valence-electron chi connectivity index (χ2n) is 10.5. The molecule has 0 aromatic heterocycles. The van der Waals surface area contributed by atoms with Gasteiger partial charge in [0.2, 0.25) is 0 Å². The van der Waals surface area contributed by atoms with Crippen LogP contribution in [0.4, 0.5) is 5.69 Å². The Hall–Kier alpha value is -2.96. The lowest BCUT2D eigenvalue weighted by atomic mass is 9.75. The van der Waals surface area contributed by atoms with Crippen molar-refractivity contribution in [2.24, 2.45) is 16.9 Å². The predicted octanol–water partition coefficient (Wildman–Crippen LogP) is 5.39. The number of ether oxygens (including phenoxy) is 4. The lowest BCUT2D eigenvalue weighted by Gasteiger charge is -2.34. The molecule has 3 aliphatic rings. The highest BCUT2D eigenvalue weighted by atomic mass is 35.5. The van der Waals surface area contributed by atoms with Gasteiger partial charge in [-0.25, -0.2) is 4.79 Å². The Labute approximate surface area is 240 Å². The van der Waals surface area contributed by atoms with Gasteiger partial charge in [-0.05, 0) is 67.5 Å². The molecule has 1 heterocycles. The van der Waals surface area contributed by atoms with Crippen LogP contribution in [0.2, 0.25) is 5.02 Å². The fraction of sp³-hybridized carbons (Fsp3) is 0.516. The number of anilines is 1. The number of esters is 1. The van der Waals surface area contributed by atoms with Crippen molar-refractivity contribution >= 4 is 29.0 Å². The van der Waals surface area contributed by atoms with Crippen LogP contribution in [0.1, 0.15) is 59.2 Å². The lowest BCUT2D eigenvalue weighted by Crippen LogP contribution is -2.40. The van der Waals surface area contributed by atoms with Crippen molar-refractivity contribution in [3.8, 4) is 6.07 Å². The summed E-state index contributed by atoms with van der Waals surface area (Å²) in [4.78, 5) is 12.7. The van der Waals surface area contributed by atoms with E-state index in [1.807, 2.05) is 30.3 Å². The molecule has 212 valence electrons. The van der Waals surface area contributed by atoms with Gasteiger partial charge in [-0.1, -0.05) is 30.5 Å². The maximum absolute atomic E-state index is 12.7. The minimum atomic E-state index is -0.351. The highest BCUT2D eigenvalue weighted by Crippen LogP contribution is 2.45. The first-order chi connectivity index (χ1) is 19.6. The van der Waals surface area contributed by atoms with Gasteiger partial charge in [-0.2, -0.15) is 10.4 Å². The highest BCUT2D eigenvalue weighted by molar-refractivity contribution is 6.32. The van der Waals surface area contributed by atoms with Crippen LogP contribution in [-0.2, 0) is 25.4 Å². The van der Waals surface area contributed by atoms with Crippen molar-refractivity contribution in [1.29, 1.82) is 5.26 Å². The number of carbonyl (C=O) groups excluding carboxylic acids is 1. The molecule has 0 bridgehead atoms. The van der Waals surface area contributed by atoms with E-state index in [1.54, 1.807) is 13.2 Å². The maximum Gasteiger partial charge on any atom is 0.338 e. The molecule has 2 aromatic carbocycles. The Kier molecular flexibility index (Phi) is 9.71. The molecular weight excluding hydrogens is 530 g/mol. The third-order valence-corrected chi connectivity index (χ3v) is 8.40. The first-order valence-electron chi connectivity index (χ1n) is 14.1. The number of nitrogens with zero attached hydrogens (tertiary/aromatic N) is 3. The van der Waals surface area contributed by atoms with Gasteiger partial charge >= 0.3 is 5.97 Å². The number of hydrazone groups is 1. The Morgan fingerprint density at radius 3 is 2.50 bits per heavy atom. The van der Waals surface area contributed by atoms with E-state index < -0.39 is 0 Å². The SMILES string of the molecule is COCCOCCOCCOC(=O)c1ccc2c(c1)CCC1C2=NN(c2ccc(C#N)c(Cl)c2)C1C1CCCC1. The Balaban J connectivity index is 1.26. The Morgan fingerprint density at radius 2 is 1.77 bits per heavy atom. The summed E-state index contributed by atoms with van der Waals surface area (Å²) in [5.41, 5.74) is 5.25. The molecular formula is C31H36ClN3O5. The van der Waals surface area contributed by atoms with Gasteiger partial charge in [-0.3, -0.25) is 5.01 Å². The molecule has 2 aromatic rings. The molecule has 0 radical (unpaired) electrons. The number of methoxy groups -OCH3 is 1. The molecule has 2 atom stereocenters. The zero-order chi connectivity index (χ0) is 27.9. The topological polar surface area (TPSA) is 93.4 Å². The first kappa shape index (κ1) is 28.6. The van der Waals surface area contributed by atoms with E-state index in [2.05, 4.69) is 11.1 Å². The van der Waals surface area contributed by atoms with Crippen LogP contribution < -0.4 is 5.01 Å². The smallest absolute Gasteiger partial charge is 0.338 e. The van der Waals surface area contributed by atoms with Crippen LogP contribution in [0, 0.1) is 23.2 Å². The molecule has 2 aliphatic carbocycles. The van der Waals surface area contributed by atoms with Crippen molar-refractivity contribution < 1.29 is 23.7 Å². The summed E-state index contributed by atoms with van der Waals surface area (Å²) >= 11 is 6.42. The van der Waals surface area contributed by atoms with Gasteiger partial charge in [0, 0.05) is 18.6 Å². The quantitative estimate of drug-likeness (QED) is 0.251. The largest absolute Gasteiger partial charge is 0.460 e. The van der Waals surface area contributed by atoms with Crippen LogP contribution >= 0.6 is 11.6 Å². The summed E-state index contributed by atoms with van der Waals surface area (Å²) in [6.07, 6.45) is 6.77. The Morgan fingerprint density at radius 1 is 1.02 bits per heavy atom. The molecule has 8 nitrogen and oxygen atoms in total. The first-order valence-corrected chi connectivity index (χ1v) is 14.5. The molecule has 40 heavy (non-hydrogen) atoms. The minimum absolute atomic E-state index is 0.188. The van der Waals surface area contributed by atoms with Crippen LogP contribution in [0.5, 0.6) is 0 Å². The number of carbonyl (C=O) groups is 1. The molecule has 0 saturated heterocycles. The molecule has 1 fully saturated rings. The zero-order valence-electron chi connectivity index (χ0n) is 22.9. The number of hydrogen-bond acceptors (Lipinski definition) is 8.